The van der Waals surface area contributed by atoms with E-state index >= 15 is 0 Å². The van der Waals surface area contributed by atoms with Crippen molar-refractivity contribution in [2.24, 2.45) is 5.41 Å². The molecule has 3 nitrogen and oxygen atoms in total. The molecule has 0 heterocycles. The number of anilines is 1. The second-order valence-electron chi connectivity index (χ2n) is 4.14. The molecule has 0 amide bonds. The van der Waals surface area contributed by atoms with Gasteiger partial charge in [0.2, 0.25) is 0 Å². The molecule has 2 N–H and O–H groups in total. The van der Waals surface area contributed by atoms with Crippen LogP contribution in [0.4, 0.5) is 10.1 Å². The van der Waals surface area contributed by atoms with Crippen LogP contribution in [0.2, 0.25) is 5.02 Å². The van der Waals surface area contributed by atoms with Crippen LogP contribution in [0.3, 0.4) is 0 Å². The highest BCUT2D eigenvalue weighted by atomic mass is 35.5. The molecule has 0 aliphatic rings. The lowest BCUT2D eigenvalue weighted by Crippen LogP contribution is -2.32. The molecule has 0 saturated carbocycles. The Morgan fingerprint density at radius 2 is 2.19 bits per heavy atom. The topological polar surface area (TPSA) is 49.3 Å². The summed E-state index contributed by atoms with van der Waals surface area (Å²) in [6, 6.07) is 4.55. The minimum atomic E-state index is -0.964. The van der Waals surface area contributed by atoms with Gasteiger partial charge in [0.15, 0.2) is 5.82 Å². The van der Waals surface area contributed by atoms with Gasteiger partial charge in [-0.15, -0.1) is 0 Å². The molecule has 1 aromatic rings. The lowest BCUT2D eigenvalue weighted by molar-refractivity contribution is -0.146. The summed E-state index contributed by atoms with van der Waals surface area (Å²) in [5.74, 6) is -1.51. The lowest BCUT2D eigenvalue weighted by atomic mass is 9.94. The third kappa shape index (κ3) is 2.85. The summed E-state index contributed by atoms with van der Waals surface area (Å²) in [6.07, 6.45) is 0. The standard InChI is InChI=1S/C11H13ClFNO2/c1-11(2,10(15)16)6-14-8-5-3-4-7(12)9(8)13/h3-5,14H,6H2,1-2H3,(H,15,16). The van der Waals surface area contributed by atoms with Crippen LogP contribution in [0.5, 0.6) is 0 Å². The van der Waals surface area contributed by atoms with Gasteiger partial charge in [-0.2, -0.15) is 0 Å². The summed E-state index contributed by atoms with van der Waals surface area (Å²) < 4.78 is 13.4. The van der Waals surface area contributed by atoms with Crippen molar-refractivity contribution in [1.29, 1.82) is 0 Å². The van der Waals surface area contributed by atoms with Crippen molar-refractivity contribution in [1.82, 2.24) is 0 Å². The van der Waals surface area contributed by atoms with Gasteiger partial charge in [-0.1, -0.05) is 17.7 Å². The Bertz CT molecular complexity index is 407. The maximum atomic E-state index is 13.4. The maximum Gasteiger partial charge on any atom is 0.310 e. The van der Waals surface area contributed by atoms with E-state index in [0.717, 1.165) is 0 Å². The Labute approximate surface area is 98.2 Å². The highest BCUT2D eigenvalue weighted by Gasteiger charge is 2.27. The van der Waals surface area contributed by atoms with E-state index in [1.807, 2.05) is 0 Å². The van der Waals surface area contributed by atoms with Crippen LogP contribution in [0, 0.1) is 11.2 Å². The fraction of sp³-hybridized carbons (Fsp3) is 0.364. The summed E-state index contributed by atoms with van der Waals surface area (Å²) in [6.45, 7) is 3.25. The molecular weight excluding hydrogens is 233 g/mol. The van der Waals surface area contributed by atoms with Crippen LogP contribution < -0.4 is 5.32 Å². The molecule has 5 heteroatoms. The van der Waals surface area contributed by atoms with E-state index in [-0.39, 0.29) is 17.3 Å². The minimum Gasteiger partial charge on any atom is -0.481 e. The lowest BCUT2D eigenvalue weighted by Gasteiger charge is -2.20. The molecule has 1 aromatic carbocycles. The van der Waals surface area contributed by atoms with Gasteiger partial charge in [0, 0.05) is 6.54 Å². The monoisotopic (exact) mass is 245 g/mol. The number of hydrogen-bond donors (Lipinski definition) is 2. The number of nitrogens with one attached hydrogen (secondary N) is 1. The number of carboxylic acid groups (broad SMARTS) is 1. The summed E-state index contributed by atoms with van der Waals surface area (Å²) >= 11 is 5.60. The van der Waals surface area contributed by atoms with Crippen LogP contribution in [0.15, 0.2) is 18.2 Å². The largest absolute Gasteiger partial charge is 0.481 e. The van der Waals surface area contributed by atoms with Crippen LogP contribution in [0.25, 0.3) is 0 Å². The Morgan fingerprint density at radius 3 is 2.75 bits per heavy atom. The average Bonchev–Trinajstić information content (AvgIpc) is 2.20. The summed E-state index contributed by atoms with van der Waals surface area (Å²) in [4.78, 5) is 10.8. The fourth-order valence-electron chi connectivity index (χ4n) is 1.03. The third-order valence-corrected chi connectivity index (χ3v) is 2.54. The van der Waals surface area contributed by atoms with E-state index in [4.69, 9.17) is 16.7 Å². The Balaban J connectivity index is 2.76. The van der Waals surface area contributed by atoms with E-state index in [1.165, 1.54) is 12.1 Å². The number of hydrogen-bond acceptors (Lipinski definition) is 2. The highest BCUT2D eigenvalue weighted by Crippen LogP contribution is 2.24. The molecular formula is C11H13ClFNO2. The summed E-state index contributed by atoms with van der Waals surface area (Å²) in [5.41, 5.74) is -0.754. The van der Waals surface area contributed by atoms with Crippen molar-refractivity contribution in [3.8, 4) is 0 Å². The van der Waals surface area contributed by atoms with E-state index in [2.05, 4.69) is 5.32 Å². The SMILES string of the molecule is CC(C)(CNc1cccc(Cl)c1F)C(=O)O. The zero-order valence-corrected chi connectivity index (χ0v) is 9.81. The third-order valence-electron chi connectivity index (χ3n) is 2.25. The van der Waals surface area contributed by atoms with Gasteiger partial charge in [0.1, 0.15) is 0 Å². The van der Waals surface area contributed by atoms with Gasteiger partial charge in [-0.25, -0.2) is 4.39 Å². The molecule has 0 saturated heterocycles. The van der Waals surface area contributed by atoms with Gasteiger partial charge in [-0.05, 0) is 26.0 Å². The van der Waals surface area contributed by atoms with Crippen LogP contribution in [-0.4, -0.2) is 17.6 Å². The molecule has 0 aliphatic carbocycles. The molecule has 1 rings (SSSR count). The zero-order chi connectivity index (χ0) is 12.3. The molecule has 0 aliphatic heterocycles. The average molecular weight is 246 g/mol. The Morgan fingerprint density at radius 1 is 1.56 bits per heavy atom. The quantitative estimate of drug-likeness (QED) is 0.857. The van der Waals surface area contributed by atoms with Crippen LogP contribution in [0.1, 0.15) is 13.8 Å². The maximum absolute atomic E-state index is 13.4. The van der Waals surface area contributed by atoms with Crippen molar-refractivity contribution in [2.45, 2.75) is 13.8 Å². The van der Waals surface area contributed by atoms with E-state index in [0.29, 0.717) is 0 Å². The van der Waals surface area contributed by atoms with Crippen molar-refractivity contribution in [3.63, 3.8) is 0 Å². The molecule has 0 bridgehead atoms. The molecule has 0 fully saturated rings. The molecule has 0 atom stereocenters. The van der Waals surface area contributed by atoms with Gasteiger partial charge < -0.3 is 10.4 Å². The predicted molar refractivity (Wildman–Crippen MR) is 61.3 cm³/mol. The first-order chi connectivity index (χ1) is 7.34. The summed E-state index contributed by atoms with van der Waals surface area (Å²) in [7, 11) is 0. The zero-order valence-electron chi connectivity index (χ0n) is 9.05. The molecule has 0 unspecified atom stereocenters. The number of aliphatic carboxylic acids is 1. The second kappa shape index (κ2) is 4.70. The first-order valence-corrected chi connectivity index (χ1v) is 5.13. The van der Waals surface area contributed by atoms with Gasteiger partial charge >= 0.3 is 5.97 Å². The first kappa shape index (κ1) is 12.8. The van der Waals surface area contributed by atoms with Crippen LogP contribution >= 0.6 is 11.6 Å². The van der Waals surface area contributed by atoms with Gasteiger partial charge in [0.05, 0.1) is 16.1 Å². The molecule has 0 spiro atoms. The van der Waals surface area contributed by atoms with Crippen molar-refractivity contribution >= 4 is 23.3 Å². The smallest absolute Gasteiger partial charge is 0.310 e. The number of carboxylic acids is 1. The second-order valence-corrected chi connectivity index (χ2v) is 4.55. The fourth-order valence-corrected chi connectivity index (χ4v) is 1.21. The summed E-state index contributed by atoms with van der Waals surface area (Å²) in [5, 5.41) is 11.6. The van der Waals surface area contributed by atoms with Crippen LogP contribution in [-0.2, 0) is 4.79 Å². The van der Waals surface area contributed by atoms with Crippen molar-refractivity contribution in [3.05, 3.63) is 29.0 Å². The molecule has 88 valence electrons. The number of carbonyl (C=O) groups is 1. The number of benzene rings is 1. The molecule has 0 radical (unpaired) electrons. The van der Waals surface area contributed by atoms with E-state index in [9.17, 15) is 9.18 Å². The Kier molecular flexibility index (Phi) is 3.75. The minimum absolute atomic E-state index is 0.0122. The molecule has 0 aromatic heterocycles. The van der Waals surface area contributed by atoms with E-state index < -0.39 is 17.2 Å². The molecule has 16 heavy (non-hydrogen) atoms. The normalized spacial score (nSPS) is 11.2. The van der Waals surface area contributed by atoms with E-state index in [1.54, 1.807) is 19.9 Å². The van der Waals surface area contributed by atoms with Gasteiger partial charge in [-0.3, -0.25) is 4.79 Å². The predicted octanol–water partition coefficient (Wildman–Crippen LogP) is 3.00. The number of halogens is 2. The highest BCUT2D eigenvalue weighted by molar-refractivity contribution is 6.31. The number of rotatable bonds is 4. The Hall–Kier alpha value is -1.29. The first-order valence-electron chi connectivity index (χ1n) is 4.76. The van der Waals surface area contributed by atoms with Crippen molar-refractivity contribution < 1.29 is 14.3 Å². The van der Waals surface area contributed by atoms with Crippen molar-refractivity contribution in [2.75, 3.05) is 11.9 Å². The van der Waals surface area contributed by atoms with Gasteiger partial charge in [0.25, 0.3) is 0 Å².